The van der Waals surface area contributed by atoms with E-state index in [0.29, 0.717) is 6.54 Å². The highest BCUT2D eigenvalue weighted by molar-refractivity contribution is 5.81. The van der Waals surface area contributed by atoms with Crippen molar-refractivity contribution in [1.82, 2.24) is 14.9 Å². The Morgan fingerprint density at radius 1 is 1.33 bits per heavy atom. The van der Waals surface area contributed by atoms with Gasteiger partial charge in [-0.25, -0.2) is 9.97 Å². The van der Waals surface area contributed by atoms with Crippen molar-refractivity contribution in [1.29, 1.82) is 0 Å². The van der Waals surface area contributed by atoms with E-state index in [-0.39, 0.29) is 5.91 Å². The SMILES string of the molecule is Cc1ncc2c(n1)CCN([C@@H](C(N)=O)c1ccccc1)C2. The Kier molecular flexibility index (Phi) is 3.66. The van der Waals surface area contributed by atoms with Crippen molar-refractivity contribution in [2.45, 2.75) is 25.9 Å². The molecule has 1 aromatic heterocycles. The highest BCUT2D eigenvalue weighted by Gasteiger charge is 2.29. The number of nitrogens with two attached hydrogens (primary N) is 1. The molecule has 0 bridgehead atoms. The van der Waals surface area contributed by atoms with Crippen molar-refractivity contribution in [3.63, 3.8) is 0 Å². The number of primary amides is 1. The molecule has 1 aromatic carbocycles. The molecule has 3 rings (SSSR count). The average Bonchev–Trinajstić information content (AvgIpc) is 2.48. The molecule has 2 heterocycles. The van der Waals surface area contributed by atoms with E-state index in [4.69, 9.17) is 5.73 Å². The molecule has 0 saturated carbocycles. The van der Waals surface area contributed by atoms with Gasteiger partial charge in [0.2, 0.25) is 5.91 Å². The molecule has 0 spiro atoms. The lowest BCUT2D eigenvalue weighted by Crippen LogP contribution is -2.41. The molecule has 5 nitrogen and oxygen atoms in total. The first-order valence-electron chi connectivity index (χ1n) is 7.05. The van der Waals surface area contributed by atoms with Crippen molar-refractivity contribution in [2.24, 2.45) is 5.73 Å². The van der Waals surface area contributed by atoms with Crippen LogP contribution >= 0.6 is 0 Å². The third-order valence-corrected chi connectivity index (χ3v) is 3.83. The Labute approximate surface area is 123 Å². The summed E-state index contributed by atoms with van der Waals surface area (Å²) in [5, 5.41) is 0. The molecule has 0 aliphatic carbocycles. The fourth-order valence-electron chi connectivity index (χ4n) is 2.85. The van der Waals surface area contributed by atoms with Crippen LogP contribution in [0.5, 0.6) is 0 Å². The molecule has 0 fully saturated rings. The molecule has 1 amide bonds. The third kappa shape index (κ3) is 2.78. The molecule has 1 aliphatic rings. The van der Waals surface area contributed by atoms with Gasteiger partial charge in [0, 0.05) is 37.0 Å². The summed E-state index contributed by atoms with van der Waals surface area (Å²) < 4.78 is 0. The Balaban J connectivity index is 1.89. The normalized spacial score (nSPS) is 16.2. The van der Waals surface area contributed by atoms with Crippen LogP contribution in [0.15, 0.2) is 36.5 Å². The summed E-state index contributed by atoms with van der Waals surface area (Å²) in [5.74, 6) is 0.467. The van der Waals surface area contributed by atoms with Gasteiger partial charge in [0.15, 0.2) is 0 Å². The number of carbonyl (C=O) groups is 1. The molecule has 1 atom stereocenters. The maximum atomic E-state index is 11.9. The van der Waals surface area contributed by atoms with Gasteiger partial charge in [0.25, 0.3) is 0 Å². The average molecular weight is 282 g/mol. The number of aryl methyl sites for hydroxylation is 1. The number of benzene rings is 1. The first-order valence-corrected chi connectivity index (χ1v) is 7.05. The molecule has 1 aliphatic heterocycles. The van der Waals surface area contributed by atoms with Gasteiger partial charge in [0.05, 0.1) is 0 Å². The zero-order valence-electron chi connectivity index (χ0n) is 12.0. The monoisotopic (exact) mass is 282 g/mol. The second-order valence-corrected chi connectivity index (χ2v) is 5.33. The summed E-state index contributed by atoms with van der Waals surface area (Å²) in [6, 6.07) is 9.27. The van der Waals surface area contributed by atoms with Crippen molar-refractivity contribution < 1.29 is 4.79 Å². The smallest absolute Gasteiger partial charge is 0.239 e. The van der Waals surface area contributed by atoms with Gasteiger partial charge in [-0.2, -0.15) is 0 Å². The number of aromatic nitrogens is 2. The number of fused-ring (bicyclic) bond motifs is 1. The summed E-state index contributed by atoms with van der Waals surface area (Å²) in [4.78, 5) is 22.7. The van der Waals surface area contributed by atoms with Gasteiger partial charge < -0.3 is 5.73 Å². The van der Waals surface area contributed by atoms with Crippen LogP contribution in [0.4, 0.5) is 0 Å². The predicted molar refractivity (Wildman–Crippen MR) is 79.3 cm³/mol. The second kappa shape index (κ2) is 5.61. The number of rotatable bonds is 3. The third-order valence-electron chi connectivity index (χ3n) is 3.83. The summed E-state index contributed by atoms with van der Waals surface area (Å²) in [5.41, 5.74) is 8.72. The Morgan fingerprint density at radius 3 is 2.81 bits per heavy atom. The Hall–Kier alpha value is -2.27. The van der Waals surface area contributed by atoms with Crippen molar-refractivity contribution >= 4 is 5.91 Å². The van der Waals surface area contributed by atoms with Gasteiger partial charge in [-0.1, -0.05) is 30.3 Å². The van der Waals surface area contributed by atoms with Crippen LogP contribution in [-0.2, 0) is 17.8 Å². The van der Waals surface area contributed by atoms with E-state index in [0.717, 1.165) is 35.6 Å². The summed E-state index contributed by atoms with van der Waals surface area (Å²) >= 11 is 0. The molecule has 108 valence electrons. The van der Waals surface area contributed by atoms with E-state index >= 15 is 0 Å². The maximum absolute atomic E-state index is 11.9. The largest absolute Gasteiger partial charge is 0.368 e. The first kappa shape index (κ1) is 13.7. The first-order chi connectivity index (χ1) is 10.1. The number of nitrogens with zero attached hydrogens (tertiary/aromatic N) is 3. The van der Waals surface area contributed by atoms with Gasteiger partial charge in [-0.15, -0.1) is 0 Å². The number of amides is 1. The highest BCUT2D eigenvalue weighted by atomic mass is 16.1. The van der Waals surface area contributed by atoms with Crippen LogP contribution in [0.25, 0.3) is 0 Å². The van der Waals surface area contributed by atoms with E-state index in [9.17, 15) is 4.79 Å². The van der Waals surface area contributed by atoms with Gasteiger partial charge in [0.1, 0.15) is 11.9 Å². The minimum Gasteiger partial charge on any atom is -0.368 e. The maximum Gasteiger partial charge on any atom is 0.239 e. The van der Waals surface area contributed by atoms with Crippen LogP contribution in [0.2, 0.25) is 0 Å². The molecule has 5 heteroatoms. The molecule has 21 heavy (non-hydrogen) atoms. The topological polar surface area (TPSA) is 72.1 Å². The standard InChI is InChI=1S/C16H18N4O/c1-11-18-9-13-10-20(8-7-14(13)19-11)15(16(17)21)12-5-3-2-4-6-12/h2-6,9,15H,7-8,10H2,1H3,(H2,17,21)/t15-/m1/s1. The zero-order valence-corrected chi connectivity index (χ0v) is 12.0. The van der Waals surface area contributed by atoms with Gasteiger partial charge in [-0.05, 0) is 12.5 Å². The Bertz CT molecular complexity index is 657. The fourth-order valence-corrected chi connectivity index (χ4v) is 2.85. The minimum atomic E-state index is -0.402. The van der Waals surface area contributed by atoms with E-state index in [1.807, 2.05) is 43.5 Å². The van der Waals surface area contributed by atoms with Crippen LogP contribution in [0.1, 0.15) is 28.7 Å². The number of hydrogen-bond donors (Lipinski definition) is 1. The highest BCUT2D eigenvalue weighted by Crippen LogP contribution is 2.26. The number of carbonyl (C=O) groups excluding carboxylic acids is 1. The number of hydrogen-bond acceptors (Lipinski definition) is 4. The van der Waals surface area contributed by atoms with E-state index < -0.39 is 6.04 Å². The summed E-state index contributed by atoms with van der Waals surface area (Å²) in [6.07, 6.45) is 2.67. The van der Waals surface area contributed by atoms with Crippen molar-refractivity contribution in [3.8, 4) is 0 Å². The summed E-state index contributed by atoms with van der Waals surface area (Å²) in [6.45, 7) is 3.31. The van der Waals surface area contributed by atoms with Crippen LogP contribution < -0.4 is 5.73 Å². The van der Waals surface area contributed by atoms with Gasteiger partial charge in [-0.3, -0.25) is 9.69 Å². The summed E-state index contributed by atoms with van der Waals surface area (Å²) in [7, 11) is 0. The van der Waals surface area contributed by atoms with E-state index in [1.54, 1.807) is 0 Å². The molecular formula is C16H18N4O. The molecule has 2 aromatic rings. The lowest BCUT2D eigenvalue weighted by Gasteiger charge is -2.33. The van der Waals surface area contributed by atoms with Crippen molar-refractivity contribution in [2.75, 3.05) is 6.54 Å². The van der Waals surface area contributed by atoms with Crippen molar-refractivity contribution in [3.05, 3.63) is 59.2 Å². The van der Waals surface area contributed by atoms with Gasteiger partial charge >= 0.3 is 0 Å². The molecule has 0 radical (unpaired) electrons. The van der Waals surface area contributed by atoms with E-state index in [2.05, 4.69) is 14.9 Å². The van der Waals surface area contributed by atoms with E-state index in [1.165, 1.54) is 0 Å². The molecule has 2 N–H and O–H groups in total. The molecular weight excluding hydrogens is 264 g/mol. The predicted octanol–water partition coefficient (Wildman–Crippen LogP) is 1.37. The molecule has 0 saturated heterocycles. The minimum absolute atomic E-state index is 0.322. The van der Waals surface area contributed by atoms with Crippen LogP contribution in [0.3, 0.4) is 0 Å². The van der Waals surface area contributed by atoms with Crippen LogP contribution in [0, 0.1) is 6.92 Å². The quantitative estimate of drug-likeness (QED) is 0.923. The van der Waals surface area contributed by atoms with Crippen LogP contribution in [-0.4, -0.2) is 27.3 Å². The zero-order chi connectivity index (χ0) is 14.8. The second-order valence-electron chi connectivity index (χ2n) is 5.33. The lowest BCUT2D eigenvalue weighted by molar-refractivity contribution is -0.123. The lowest BCUT2D eigenvalue weighted by atomic mass is 10.00. The molecule has 0 unspecified atom stereocenters. The Morgan fingerprint density at radius 2 is 2.10 bits per heavy atom. The fraction of sp³-hybridized carbons (Fsp3) is 0.312.